The number of rotatable bonds is 8. The molecule has 0 fully saturated rings. The summed E-state index contributed by atoms with van der Waals surface area (Å²) in [5.74, 6) is 1.57. The van der Waals surface area contributed by atoms with Crippen molar-refractivity contribution in [3.63, 3.8) is 0 Å². The van der Waals surface area contributed by atoms with E-state index in [0.717, 1.165) is 30.0 Å². The number of ether oxygens (including phenoxy) is 2. The van der Waals surface area contributed by atoms with E-state index in [1.807, 2.05) is 25.1 Å². The third kappa shape index (κ3) is 4.55. The van der Waals surface area contributed by atoms with E-state index in [1.54, 1.807) is 0 Å². The van der Waals surface area contributed by atoms with Crippen LogP contribution in [0.25, 0.3) is 0 Å². The van der Waals surface area contributed by atoms with Crippen LogP contribution >= 0.6 is 0 Å². The molecule has 4 nitrogen and oxygen atoms in total. The summed E-state index contributed by atoms with van der Waals surface area (Å²) in [6, 6.07) is 5.84. The molecule has 0 atom stereocenters. The molecule has 1 aromatic rings. The minimum absolute atomic E-state index is 0.462. The fourth-order valence-corrected chi connectivity index (χ4v) is 1.71. The van der Waals surface area contributed by atoms with Gasteiger partial charge in [-0.05, 0) is 33.5 Å². The zero-order valence-corrected chi connectivity index (χ0v) is 11.6. The lowest BCUT2D eigenvalue weighted by atomic mass is 10.2. The molecule has 1 rings (SSSR count). The van der Waals surface area contributed by atoms with Gasteiger partial charge in [-0.25, -0.2) is 0 Å². The first-order valence-corrected chi connectivity index (χ1v) is 6.41. The molecule has 0 radical (unpaired) electrons. The summed E-state index contributed by atoms with van der Waals surface area (Å²) in [6.45, 7) is 4.74. The van der Waals surface area contributed by atoms with Crippen LogP contribution in [-0.2, 0) is 6.54 Å². The van der Waals surface area contributed by atoms with Crippen molar-refractivity contribution in [2.45, 2.75) is 19.9 Å². The smallest absolute Gasteiger partial charge is 0.165 e. The summed E-state index contributed by atoms with van der Waals surface area (Å²) in [6.07, 6.45) is 0.984. The van der Waals surface area contributed by atoms with Crippen molar-refractivity contribution >= 4 is 0 Å². The molecule has 0 aliphatic rings. The molecule has 0 bridgehead atoms. The highest BCUT2D eigenvalue weighted by molar-refractivity contribution is 5.46. The first-order chi connectivity index (χ1) is 8.69. The third-order valence-electron chi connectivity index (χ3n) is 2.58. The Kier molecular flexibility index (Phi) is 6.54. The molecule has 0 saturated heterocycles. The Bertz CT molecular complexity index is 354. The molecule has 18 heavy (non-hydrogen) atoms. The van der Waals surface area contributed by atoms with Crippen molar-refractivity contribution in [3.05, 3.63) is 23.8 Å². The summed E-state index contributed by atoms with van der Waals surface area (Å²) >= 11 is 0. The van der Waals surface area contributed by atoms with Crippen LogP contribution in [0.15, 0.2) is 18.2 Å². The highest BCUT2D eigenvalue weighted by Crippen LogP contribution is 2.31. The van der Waals surface area contributed by atoms with Crippen LogP contribution < -0.4 is 15.2 Å². The van der Waals surface area contributed by atoms with Gasteiger partial charge in [-0.2, -0.15) is 0 Å². The van der Waals surface area contributed by atoms with Crippen molar-refractivity contribution in [1.82, 2.24) is 4.90 Å². The number of nitrogens with two attached hydrogens (primary N) is 1. The first-order valence-electron chi connectivity index (χ1n) is 6.41. The lowest BCUT2D eigenvalue weighted by Crippen LogP contribution is -2.16. The highest BCUT2D eigenvalue weighted by Gasteiger charge is 2.09. The van der Waals surface area contributed by atoms with Crippen LogP contribution in [0.5, 0.6) is 11.5 Å². The second-order valence-corrected chi connectivity index (χ2v) is 4.39. The normalized spacial score (nSPS) is 10.7. The van der Waals surface area contributed by atoms with Gasteiger partial charge in [0.05, 0.1) is 13.2 Å². The van der Waals surface area contributed by atoms with Crippen molar-refractivity contribution < 1.29 is 9.47 Å². The molecule has 0 saturated carbocycles. The Morgan fingerprint density at radius 3 is 2.61 bits per heavy atom. The second-order valence-electron chi connectivity index (χ2n) is 4.39. The number of hydrogen-bond acceptors (Lipinski definition) is 4. The van der Waals surface area contributed by atoms with Gasteiger partial charge in [0.1, 0.15) is 0 Å². The summed E-state index contributed by atoms with van der Waals surface area (Å²) in [5, 5.41) is 0. The quantitative estimate of drug-likeness (QED) is 0.718. The molecule has 0 amide bonds. The van der Waals surface area contributed by atoms with E-state index in [1.165, 1.54) is 0 Å². The zero-order chi connectivity index (χ0) is 13.4. The lowest BCUT2D eigenvalue weighted by Gasteiger charge is -2.16. The van der Waals surface area contributed by atoms with Gasteiger partial charge in [0.15, 0.2) is 11.5 Å². The molecule has 1 aromatic carbocycles. The van der Waals surface area contributed by atoms with Gasteiger partial charge in [0.25, 0.3) is 0 Å². The maximum absolute atomic E-state index is 5.83. The molecule has 0 spiro atoms. The Morgan fingerprint density at radius 2 is 2.00 bits per heavy atom. The molecule has 0 heterocycles. The Balaban J connectivity index is 2.65. The van der Waals surface area contributed by atoms with Crippen LogP contribution in [-0.4, -0.2) is 38.8 Å². The fourth-order valence-electron chi connectivity index (χ4n) is 1.71. The number of nitrogens with zero attached hydrogens (tertiary/aromatic N) is 1. The molecule has 2 N–H and O–H groups in total. The van der Waals surface area contributed by atoms with Crippen molar-refractivity contribution in [2.75, 3.05) is 33.9 Å². The molecule has 4 heteroatoms. The fraction of sp³-hybridized carbons (Fsp3) is 0.571. The first kappa shape index (κ1) is 14.8. The summed E-state index contributed by atoms with van der Waals surface area (Å²) in [5.41, 5.74) is 6.72. The molecule has 102 valence electrons. The van der Waals surface area contributed by atoms with E-state index >= 15 is 0 Å². The predicted octanol–water partition coefficient (Wildman–Crippen LogP) is 1.87. The standard InChI is InChI=1S/C14H24N2O2/c1-4-17-13-8-5-7-12(11-15)14(13)18-10-6-9-16(2)3/h5,7-8H,4,6,9-11,15H2,1-3H3. The summed E-state index contributed by atoms with van der Waals surface area (Å²) in [7, 11) is 4.11. The van der Waals surface area contributed by atoms with Gasteiger partial charge in [-0.1, -0.05) is 12.1 Å². The van der Waals surface area contributed by atoms with Crippen LogP contribution in [0.4, 0.5) is 0 Å². The van der Waals surface area contributed by atoms with Crippen LogP contribution in [0.3, 0.4) is 0 Å². The number of para-hydroxylation sites is 1. The predicted molar refractivity (Wildman–Crippen MR) is 74.2 cm³/mol. The van der Waals surface area contributed by atoms with Gasteiger partial charge in [-0.15, -0.1) is 0 Å². The lowest BCUT2D eigenvalue weighted by molar-refractivity contribution is 0.256. The van der Waals surface area contributed by atoms with E-state index in [-0.39, 0.29) is 0 Å². The zero-order valence-electron chi connectivity index (χ0n) is 11.6. The van der Waals surface area contributed by atoms with Gasteiger partial charge < -0.3 is 20.1 Å². The molecule has 0 aliphatic heterocycles. The van der Waals surface area contributed by atoms with Crippen molar-refractivity contribution in [2.24, 2.45) is 5.73 Å². The summed E-state index contributed by atoms with van der Waals surface area (Å²) in [4.78, 5) is 2.14. The van der Waals surface area contributed by atoms with E-state index in [9.17, 15) is 0 Å². The van der Waals surface area contributed by atoms with Gasteiger partial charge in [0, 0.05) is 18.7 Å². The van der Waals surface area contributed by atoms with E-state index in [4.69, 9.17) is 15.2 Å². The third-order valence-corrected chi connectivity index (χ3v) is 2.58. The largest absolute Gasteiger partial charge is 0.490 e. The van der Waals surface area contributed by atoms with Crippen LogP contribution in [0, 0.1) is 0 Å². The topological polar surface area (TPSA) is 47.7 Å². The van der Waals surface area contributed by atoms with Gasteiger partial charge >= 0.3 is 0 Å². The Labute approximate surface area is 110 Å². The second kappa shape index (κ2) is 7.95. The average Bonchev–Trinajstić information content (AvgIpc) is 2.35. The van der Waals surface area contributed by atoms with Crippen LogP contribution in [0.2, 0.25) is 0 Å². The highest BCUT2D eigenvalue weighted by atomic mass is 16.5. The van der Waals surface area contributed by atoms with E-state index < -0.39 is 0 Å². The van der Waals surface area contributed by atoms with Crippen molar-refractivity contribution in [3.8, 4) is 11.5 Å². The molecular weight excluding hydrogens is 228 g/mol. The minimum atomic E-state index is 0.462. The number of benzene rings is 1. The molecule has 0 aromatic heterocycles. The van der Waals surface area contributed by atoms with E-state index in [0.29, 0.717) is 19.8 Å². The van der Waals surface area contributed by atoms with Gasteiger partial charge in [-0.3, -0.25) is 0 Å². The minimum Gasteiger partial charge on any atom is -0.490 e. The Hall–Kier alpha value is -1.26. The SMILES string of the molecule is CCOc1cccc(CN)c1OCCCN(C)C. The summed E-state index contributed by atoms with van der Waals surface area (Å²) < 4.78 is 11.4. The number of hydrogen-bond donors (Lipinski definition) is 1. The van der Waals surface area contributed by atoms with Crippen molar-refractivity contribution in [1.29, 1.82) is 0 Å². The monoisotopic (exact) mass is 252 g/mol. The Morgan fingerprint density at radius 1 is 1.22 bits per heavy atom. The molecule has 0 aliphatic carbocycles. The van der Waals surface area contributed by atoms with E-state index in [2.05, 4.69) is 19.0 Å². The average molecular weight is 252 g/mol. The van der Waals surface area contributed by atoms with Crippen LogP contribution in [0.1, 0.15) is 18.9 Å². The maximum Gasteiger partial charge on any atom is 0.165 e. The van der Waals surface area contributed by atoms with Gasteiger partial charge in [0.2, 0.25) is 0 Å². The maximum atomic E-state index is 5.83. The molecule has 0 unspecified atom stereocenters. The molecular formula is C14H24N2O2.